The highest BCUT2D eigenvalue weighted by atomic mass is 16.5. The van der Waals surface area contributed by atoms with E-state index in [0.29, 0.717) is 25.6 Å². The van der Waals surface area contributed by atoms with Crippen LogP contribution in [0.5, 0.6) is 0 Å². The molecule has 1 N–H and O–H groups in total. The van der Waals surface area contributed by atoms with Crippen molar-refractivity contribution in [2.75, 3.05) is 32.9 Å². The number of nitrogens with zero attached hydrogens (tertiary/aromatic N) is 3. The second-order valence-corrected chi connectivity index (χ2v) is 7.12. The van der Waals surface area contributed by atoms with E-state index in [1.807, 2.05) is 13.8 Å². The molecule has 7 nitrogen and oxygen atoms in total. The van der Waals surface area contributed by atoms with Crippen LogP contribution in [0.1, 0.15) is 63.2 Å². The molecule has 0 saturated carbocycles. The van der Waals surface area contributed by atoms with E-state index >= 15 is 0 Å². The Labute approximate surface area is 143 Å². The van der Waals surface area contributed by atoms with Gasteiger partial charge in [-0.2, -0.15) is 4.98 Å². The van der Waals surface area contributed by atoms with Crippen molar-refractivity contribution >= 4 is 0 Å². The number of likely N-dealkylation sites (tertiary alicyclic amines) is 1. The highest BCUT2D eigenvalue weighted by Crippen LogP contribution is 2.30. The SMILES string of the molecule is CC(C)c1nc([C@@H]2CCCN2C[C@H](O)COC[C@@H]2CCCO2)no1. The Morgan fingerprint density at radius 2 is 2.21 bits per heavy atom. The summed E-state index contributed by atoms with van der Waals surface area (Å²) in [6.07, 6.45) is 3.93. The fourth-order valence-corrected chi connectivity index (χ4v) is 3.39. The molecule has 2 fully saturated rings. The molecule has 1 aromatic rings. The van der Waals surface area contributed by atoms with Crippen LogP contribution in [0, 0.1) is 0 Å². The van der Waals surface area contributed by atoms with Crippen LogP contribution < -0.4 is 0 Å². The van der Waals surface area contributed by atoms with E-state index < -0.39 is 6.10 Å². The maximum atomic E-state index is 10.3. The minimum absolute atomic E-state index is 0.133. The second kappa shape index (κ2) is 8.38. The monoisotopic (exact) mass is 339 g/mol. The van der Waals surface area contributed by atoms with Gasteiger partial charge in [0, 0.05) is 19.1 Å². The summed E-state index contributed by atoms with van der Waals surface area (Å²) >= 11 is 0. The third-order valence-electron chi connectivity index (χ3n) is 4.70. The van der Waals surface area contributed by atoms with Crippen LogP contribution in [0.4, 0.5) is 0 Å². The third-order valence-corrected chi connectivity index (χ3v) is 4.70. The molecular formula is C17H29N3O4. The van der Waals surface area contributed by atoms with Crippen LogP contribution in [0.2, 0.25) is 0 Å². The van der Waals surface area contributed by atoms with Gasteiger partial charge in [0.15, 0.2) is 5.82 Å². The number of ether oxygens (including phenoxy) is 2. The molecule has 3 atom stereocenters. The van der Waals surface area contributed by atoms with Crippen molar-refractivity contribution in [3.05, 3.63) is 11.7 Å². The quantitative estimate of drug-likeness (QED) is 0.774. The average Bonchev–Trinajstić information content (AvgIpc) is 3.28. The van der Waals surface area contributed by atoms with E-state index in [0.717, 1.165) is 44.7 Å². The van der Waals surface area contributed by atoms with E-state index in [9.17, 15) is 5.11 Å². The van der Waals surface area contributed by atoms with Gasteiger partial charge in [-0.25, -0.2) is 0 Å². The van der Waals surface area contributed by atoms with Crippen LogP contribution >= 0.6 is 0 Å². The zero-order valence-corrected chi connectivity index (χ0v) is 14.7. The zero-order chi connectivity index (χ0) is 16.9. The lowest BCUT2D eigenvalue weighted by Crippen LogP contribution is -2.35. The highest BCUT2D eigenvalue weighted by Gasteiger charge is 2.31. The van der Waals surface area contributed by atoms with Crippen LogP contribution in [0.25, 0.3) is 0 Å². The van der Waals surface area contributed by atoms with Crippen molar-refractivity contribution in [3.63, 3.8) is 0 Å². The van der Waals surface area contributed by atoms with Gasteiger partial charge in [0.05, 0.1) is 31.5 Å². The highest BCUT2D eigenvalue weighted by molar-refractivity contribution is 5.00. The van der Waals surface area contributed by atoms with Crippen molar-refractivity contribution < 1.29 is 19.1 Å². The summed E-state index contributed by atoms with van der Waals surface area (Å²) in [7, 11) is 0. The molecule has 0 unspecified atom stereocenters. The van der Waals surface area contributed by atoms with Gasteiger partial charge in [-0.05, 0) is 32.2 Å². The number of hydrogen-bond donors (Lipinski definition) is 1. The lowest BCUT2D eigenvalue weighted by Gasteiger charge is -2.24. The first-order chi connectivity index (χ1) is 11.6. The van der Waals surface area contributed by atoms with Gasteiger partial charge in [-0.3, -0.25) is 4.90 Å². The minimum Gasteiger partial charge on any atom is -0.389 e. The largest absolute Gasteiger partial charge is 0.389 e. The molecule has 0 aliphatic carbocycles. The molecule has 0 spiro atoms. The number of β-amino-alcohol motifs (C(OH)–C–C–N with tert-alkyl or cyclic N) is 1. The Bertz CT molecular complexity index is 502. The first-order valence-electron chi connectivity index (χ1n) is 9.08. The Hall–Kier alpha value is -1.02. The molecule has 2 aliphatic rings. The van der Waals surface area contributed by atoms with E-state index in [4.69, 9.17) is 14.0 Å². The van der Waals surface area contributed by atoms with Gasteiger partial charge >= 0.3 is 0 Å². The molecule has 1 aromatic heterocycles. The molecule has 2 saturated heterocycles. The fraction of sp³-hybridized carbons (Fsp3) is 0.882. The lowest BCUT2D eigenvalue weighted by molar-refractivity contribution is -0.0264. The molecule has 3 heterocycles. The molecule has 0 aromatic carbocycles. The predicted octanol–water partition coefficient (Wildman–Crippen LogP) is 1.89. The van der Waals surface area contributed by atoms with Crippen molar-refractivity contribution in [1.82, 2.24) is 15.0 Å². The Morgan fingerprint density at radius 1 is 1.33 bits per heavy atom. The van der Waals surface area contributed by atoms with Crippen LogP contribution in [0.15, 0.2) is 4.52 Å². The summed E-state index contributed by atoms with van der Waals surface area (Å²) in [5.41, 5.74) is 0. The smallest absolute Gasteiger partial charge is 0.229 e. The second-order valence-electron chi connectivity index (χ2n) is 7.12. The van der Waals surface area contributed by atoms with Crippen molar-refractivity contribution in [2.24, 2.45) is 0 Å². The summed E-state index contributed by atoms with van der Waals surface area (Å²) < 4.78 is 16.5. The molecule has 2 aliphatic heterocycles. The normalized spacial score (nSPS) is 26.5. The van der Waals surface area contributed by atoms with Crippen LogP contribution in [0.3, 0.4) is 0 Å². The number of rotatable bonds is 8. The van der Waals surface area contributed by atoms with E-state index in [1.165, 1.54) is 0 Å². The number of aliphatic hydroxyl groups excluding tert-OH is 1. The van der Waals surface area contributed by atoms with Gasteiger partial charge in [0.25, 0.3) is 0 Å². The fourth-order valence-electron chi connectivity index (χ4n) is 3.39. The Kier molecular flexibility index (Phi) is 6.21. The van der Waals surface area contributed by atoms with Crippen molar-refractivity contribution in [3.8, 4) is 0 Å². The number of hydrogen-bond acceptors (Lipinski definition) is 7. The maximum Gasteiger partial charge on any atom is 0.229 e. The molecule has 0 amide bonds. The number of aliphatic hydroxyl groups is 1. The number of aromatic nitrogens is 2. The Balaban J connectivity index is 1.45. The summed E-state index contributed by atoms with van der Waals surface area (Å²) in [5.74, 6) is 1.65. The van der Waals surface area contributed by atoms with Crippen LogP contribution in [-0.2, 0) is 9.47 Å². The molecule has 0 bridgehead atoms. The van der Waals surface area contributed by atoms with Gasteiger partial charge in [-0.1, -0.05) is 19.0 Å². The molecule has 0 radical (unpaired) electrons. The molecular weight excluding hydrogens is 310 g/mol. The standard InChI is InChI=1S/C17H29N3O4/c1-12(2)17-18-16(19-24-17)15-6-3-7-20(15)9-13(21)10-22-11-14-5-4-8-23-14/h12-15,21H,3-11H2,1-2H3/t13-,14-,15-/m0/s1. The molecule has 136 valence electrons. The summed E-state index contributed by atoms with van der Waals surface area (Å²) in [6.45, 7) is 7.34. The minimum atomic E-state index is -0.511. The summed E-state index contributed by atoms with van der Waals surface area (Å²) in [5, 5.41) is 14.4. The summed E-state index contributed by atoms with van der Waals surface area (Å²) in [6, 6.07) is 0.133. The first-order valence-corrected chi connectivity index (χ1v) is 9.08. The predicted molar refractivity (Wildman–Crippen MR) is 87.7 cm³/mol. The van der Waals surface area contributed by atoms with Crippen molar-refractivity contribution in [1.29, 1.82) is 0 Å². The molecule has 3 rings (SSSR count). The first kappa shape index (κ1) is 17.8. The summed E-state index contributed by atoms with van der Waals surface area (Å²) in [4.78, 5) is 6.75. The van der Waals surface area contributed by atoms with E-state index in [-0.39, 0.29) is 18.1 Å². The Morgan fingerprint density at radius 3 is 2.92 bits per heavy atom. The topological polar surface area (TPSA) is 80.9 Å². The van der Waals surface area contributed by atoms with Crippen molar-refractivity contribution in [2.45, 2.75) is 63.7 Å². The molecule has 24 heavy (non-hydrogen) atoms. The maximum absolute atomic E-state index is 10.3. The van der Waals surface area contributed by atoms with Gasteiger partial charge in [0.1, 0.15) is 0 Å². The lowest BCUT2D eigenvalue weighted by atomic mass is 10.2. The molecule has 7 heteroatoms. The van der Waals surface area contributed by atoms with E-state index in [2.05, 4.69) is 15.0 Å². The zero-order valence-electron chi connectivity index (χ0n) is 14.7. The van der Waals surface area contributed by atoms with Gasteiger partial charge in [0.2, 0.25) is 5.89 Å². The van der Waals surface area contributed by atoms with Gasteiger partial charge in [-0.15, -0.1) is 0 Å². The van der Waals surface area contributed by atoms with E-state index in [1.54, 1.807) is 0 Å². The average molecular weight is 339 g/mol. The van der Waals surface area contributed by atoms with Gasteiger partial charge < -0.3 is 19.1 Å². The third kappa shape index (κ3) is 4.53. The van der Waals surface area contributed by atoms with Crippen LogP contribution in [-0.4, -0.2) is 65.3 Å².